The zero-order chi connectivity index (χ0) is 10.4. The van der Waals surface area contributed by atoms with E-state index in [0.29, 0.717) is 13.0 Å². The molecule has 0 saturated carbocycles. The van der Waals surface area contributed by atoms with E-state index in [2.05, 4.69) is 10.0 Å². The highest BCUT2D eigenvalue weighted by Gasteiger charge is 2.34. The number of aliphatic hydroxyl groups excluding tert-OH is 1. The molecule has 0 bridgehead atoms. The smallest absolute Gasteiger partial charge is 0.158 e. The number of hydrogen-bond donors (Lipinski definition) is 1. The minimum atomic E-state index is -0.423. The largest absolute Gasteiger partial charge is 0.394 e. The number of nitrogens with zero attached hydrogens (tertiary/aromatic N) is 3. The van der Waals surface area contributed by atoms with Gasteiger partial charge in [-0.2, -0.15) is 0 Å². The van der Waals surface area contributed by atoms with Gasteiger partial charge in [0, 0.05) is 17.9 Å². The SMILES string of the molecule is CCCO[C@H]1C[C@H](N=[N+]=[N-])C(CO)O1. The highest BCUT2D eigenvalue weighted by Crippen LogP contribution is 2.24. The fraction of sp³-hybridized carbons (Fsp3) is 1.00. The molecule has 0 radical (unpaired) electrons. The molecule has 1 fully saturated rings. The Balaban J connectivity index is 2.43. The van der Waals surface area contributed by atoms with Crippen molar-refractivity contribution in [1.29, 1.82) is 0 Å². The average molecular weight is 201 g/mol. The third kappa shape index (κ3) is 2.85. The number of aliphatic hydroxyl groups is 1. The summed E-state index contributed by atoms with van der Waals surface area (Å²) in [6.45, 7) is 2.48. The maximum Gasteiger partial charge on any atom is 0.158 e. The van der Waals surface area contributed by atoms with E-state index in [0.717, 1.165) is 6.42 Å². The van der Waals surface area contributed by atoms with Crippen LogP contribution >= 0.6 is 0 Å². The second-order valence-corrected chi connectivity index (χ2v) is 3.17. The van der Waals surface area contributed by atoms with Gasteiger partial charge in [-0.15, -0.1) is 0 Å². The summed E-state index contributed by atoms with van der Waals surface area (Å²) in [6, 6.07) is -0.313. The molecule has 0 spiro atoms. The molecule has 1 saturated heterocycles. The van der Waals surface area contributed by atoms with Gasteiger partial charge in [-0.25, -0.2) is 0 Å². The van der Waals surface area contributed by atoms with E-state index in [9.17, 15) is 0 Å². The molecule has 0 aromatic rings. The summed E-state index contributed by atoms with van der Waals surface area (Å²) < 4.78 is 10.7. The first-order valence-electron chi connectivity index (χ1n) is 4.74. The molecular weight excluding hydrogens is 186 g/mol. The van der Waals surface area contributed by atoms with Gasteiger partial charge >= 0.3 is 0 Å². The first kappa shape index (κ1) is 11.3. The summed E-state index contributed by atoms with van der Waals surface area (Å²) in [5.41, 5.74) is 8.28. The predicted octanol–water partition coefficient (Wildman–Crippen LogP) is 1.20. The molecule has 0 amide bonds. The standard InChI is InChI=1S/C8H15N3O3/c1-2-3-13-8-4-6(10-11-9)7(5-12)14-8/h6-8,12H,2-5H2,1H3/t6-,7?,8+/m0/s1. The molecule has 14 heavy (non-hydrogen) atoms. The van der Waals surface area contributed by atoms with Crippen LogP contribution in [0.4, 0.5) is 0 Å². The van der Waals surface area contributed by atoms with Crippen molar-refractivity contribution in [3.05, 3.63) is 10.4 Å². The fourth-order valence-corrected chi connectivity index (χ4v) is 1.40. The molecule has 6 nitrogen and oxygen atoms in total. The molecule has 1 heterocycles. The maximum absolute atomic E-state index is 8.94. The normalized spacial score (nSPS) is 31.4. The number of hydrogen-bond acceptors (Lipinski definition) is 4. The van der Waals surface area contributed by atoms with Gasteiger partial charge in [0.2, 0.25) is 0 Å². The first-order valence-corrected chi connectivity index (χ1v) is 4.74. The molecule has 1 rings (SSSR count). The van der Waals surface area contributed by atoms with E-state index >= 15 is 0 Å². The van der Waals surface area contributed by atoms with E-state index in [-0.39, 0.29) is 18.9 Å². The van der Waals surface area contributed by atoms with Gasteiger partial charge in [-0.3, -0.25) is 0 Å². The van der Waals surface area contributed by atoms with Crippen LogP contribution in [0.25, 0.3) is 10.4 Å². The average Bonchev–Trinajstić information content (AvgIpc) is 2.58. The van der Waals surface area contributed by atoms with Crippen molar-refractivity contribution in [2.75, 3.05) is 13.2 Å². The van der Waals surface area contributed by atoms with Gasteiger partial charge < -0.3 is 14.6 Å². The minimum absolute atomic E-state index is 0.143. The van der Waals surface area contributed by atoms with E-state index in [1.165, 1.54) is 0 Å². The van der Waals surface area contributed by atoms with Crippen LogP contribution in [-0.4, -0.2) is 36.8 Å². The molecule has 0 aromatic carbocycles. The summed E-state index contributed by atoms with van der Waals surface area (Å²) in [4.78, 5) is 2.71. The summed E-state index contributed by atoms with van der Waals surface area (Å²) in [5, 5.41) is 12.5. The highest BCUT2D eigenvalue weighted by molar-refractivity contribution is 4.84. The second kappa shape index (κ2) is 5.82. The lowest BCUT2D eigenvalue weighted by Gasteiger charge is -2.12. The van der Waals surface area contributed by atoms with Crippen LogP contribution in [0.3, 0.4) is 0 Å². The van der Waals surface area contributed by atoms with E-state index in [4.69, 9.17) is 20.1 Å². The Labute approximate surface area is 82.4 Å². The molecule has 1 aliphatic heterocycles. The lowest BCUT2D eigenvalue weighted by molar-refractivity contribution is -0.140. The third-order valence-electron chi connectivity index (χ3n) is 2.08. The van der Waals surface area contributed by atoms with E-state index in [1.807, 2.05) is 6.92 Å². The molecule has 1 N–H and O–H groups in total. The Morgan fingerprint density at radius 3 is 3.07 bits per heavy atom. The first-order chi connectivity index (χ1) is 6.81. The summed E-state index contributed by atoms with van der Waals surface area (Å²) in [5.74, 6) is 0. The monoisotopic (exact) mass is 201 g/mol. The number of azide groups is 1. The van der Waals surface area contributed by atoms with Gasteiger partial charge in [0.05, 0.1) is 18.8 Å². The van der Waals surface area contributed by atoms with Crippen molar-refractivity contribution < 1.29 is 14.6 Å². The molecule has 0 aromatic heterocycles. The topological polar surface area (TPSA) is 87.5 Å². The number of ether oxygens (including phenoxy) is 2. The summed E-state index contributed by atoms with van der Waals surface area (Å²) >= 11 is 0. The molecule has 6 heteroatoms. The maximum atomic E-state index is 8.94. The van der Waals surface area contributed by atoms with Crippen molar-refractivity contribution in [1.82, 2.24) is 0 Å². The van der Waals surface area contributed by atoms with Gasteiger partial charge in [-0.05, 0) is 12.0 Å². The Kier molecular flexibility index (Phi) is 4.69. The lowest BCUT2D eigenvalue weighted by Crippen LogP contribution is -2.23. The minimum Gasteiger partial charge on any atom is -0.394 e. The van der Waals surface area contributed by atoms with Crippen molar-refractivity contribution >= 4 is 0 Å². The Hall–Kier alpha value is -0.810. The molecule has 1 unspecified atom stereocenters. The van der Waals surface area contributed by atoms with Crippen LogP contribution < -0.4 is 0 Å². The van der Waals surface area contributed by atoms with Crippen molar-refractivity contribution in [2.45, 2.75) is 38.2 Å². The van der Waals surface area contributed by atoms with Crippen LogP contribution in [0.1, 0.15) is 19.8 Å². The Morgan fingerprint density at radius 2 is 2.50 bits per heavy atom. The van der Waals surface area contributed by atoms with Crippen LogP contribution in [-0.2, 0) is 9.47 Å². The summed E-state index contributed by atoms with van der Waals surface area (Å²) in [6.07, 6.45) is 0.667. The third-order valence-corrected chi connectivity index (χ3v) is 2.08. The van der Waals surface area contributed by atoms with E-state index in [1.54, 1.807) is 0 Å². The van der Waals surface area contributed by atoms with Gasteiger partial charge in [0.25, 0.3) is 0 Å². The van der Waals surface area contributed by atoms with Crippen LogP contribution in [0.15, 0.2) is 5.11 Å². The lowest BCUT2D eigenvalue weighted by atomic mass is 10.1. The van der Waals surface area contributed by atoms with Crippen molar-refractivity contribution in [3.8, 4) is 0 Å². The van der Waals surface area contributed by atoms with Crippen LogP contribution in [0, 0.1) is 0 Å². The fourth-order valence-electron chi connectivity index (χ4n) is 1.40. The molecular formula is C8H15N3O3. The molecule has 3 atom stereocenters. The Morgan fingerprint density at radius 1 is 1.71 bits per heavy atom. The molecule has 1 aliphatic rings. The van der Waals surface area contributed by atoms with E-state index < -0.39 is 6.10 Å². The quantitative estimate of drug-likeness (QED) is 0.412. The molecule has 80 valence electrons. The number of rotatable bonds is 5. The predicted molar refractivity (Wildman–Crippen MR) is 49.5 cm³/mol. The Bertz CT molecular complexity index is 218. The van der Waals surface area contributed by atoms with Crippen LogP contribution in [0.2, 0.25) is 0 Å². The van der Waals surface area contributed by atoms with Crippen molar-refractivity contribution in [3.63, 3.8) is 0 Å². The second-order valence-electron chi connectivity index (χ2n) is 3.17. The highest BCUT2D eigenvalue weighted by atomic mass is 16.7. The molecule has 0 aliphatic carbocycles. The summed E-state index contributed by atoms with van der Waals surface area (Å²) in [7, 11) is 0. The zero-order valence-corrected chi connectivity index (χ0v) is 8.17. The zero-order valence-electron chi connectivity index (χ0n) is 8.17. The van der Waals surface area contributed by atoms with Crippen LogP contribution in [0.5, 0.6) is 0 Å². The van der Waals surface area contributed by atoms with Gasteiger partial charge in [0.1, 0.15) is 0 Å². The van der Waals surface area contributed by atoms with Gasteiger partial charge in [-0.1, -0.05) is 12.0 Å². The van der Waals surface area contributed by atoms with Crippen molar-refractivity contribution in [2.24, 2.45) is 5.11 Å². The van der Waals surface area contributed by atoms with Gasteiger partial charge in [0.15, 0.2) is 6.29 Å².